The molecule has 3 rings (SSSR count). The second-order valence-corrected chi connectivity index (χ2v) is 7.39. The molecule has 0 spiro atoms. The van der Waals surface area contributed by atoms with Crippen LogP contribution in [0.3, 0.4) is 0 Å². The van der Waals surface area contributed by atoms with Crippen LogP contribution >= 0.6 is 11.3 Å². The van der Waals surface area contributed by atoms with Gasteiger partial charge in [-0.05, 0) is 37.6 Å². The second-order valence-electron chi connectivity index (χ2n) is 6.19. The normalized spacial score (nSPS) is 11.0. The third-order valence-corrected chi connectivity index (χ3v) is 4.97. The average Bonchev–Trinajstić information content (AvgIpc) is 3.26. The van der Waals surface area contributed by atoms with E-state index in [0.29, 0.717) is 24.1 Å². The molecular weight excluding hydrogens is 420 g/mol. The summed E-state index contributed by atoms with van der Waals surface area (Å²) in [6.07, 6.45) is 1.04. The van der Waals surface area contributed by atoms with E-state index in [1.165, 1.54) is 23.5 Å². The fourth-order valence-corrected chi connectivity index (χ4v) is 3.65. The number of benzene rings is 1. The van der Waals surface area contributed by atoms with Gasteiger partial charge in [-0.25, -0.2) is 4.98 Å². The number of rotatable bonds is 8. The topological polar surface area (TPSA) is 123 Å². The number of aryl methyl sites for hydroxylation is 2. The summed E-state index contributed by atoms with van der Waals surface area (Å²) in [4.78, 5) is 28.4. The molecular formula is C18H17F2N5O4S. The van der Waals surface area contributed by atoms with Gasteiger partial charge in [-0.3, -0.25) is 25.3 Å². The predicted molar refractivity (Wildman–Crippen MR) is 106 cm³/mol. The monoisotopic (exact) mass is 437 g/mol. The van der Waals surface area contributed by atoms with Crippen molar-refractivity contribution in [1.82, 2.24) is 15.2 Å². The number of anilines is 1. The molecule has 0 aliphatic rings. The molecule has 0 unspecified atom stereocenters. The zero-order valence-corrected chi connectivity index (χ0v) is 16.8. The number of halogens is 2. The Labute approximate surface area is 173 Å². The van der Waals surface area contributed by atoms with Gasteiger partial charge in [0.2, 0.25) is 5.69 Å². The molecule has 0 atom stereocenters. The molecule has 0 radical (unpaired) electrons. The number of thiazole rings is 1. The Morgan fingerprint density at radius 3 is 2.67 bits per heavy atom. The lowest BCUT2D eigenvalue weighted by atomic mass is 10.1. The first-order valence-electron chi connectivity index (χ1n) is 8.85. The van der Waals surface area contributed by atoms with Gasteiger partial charge in [0.1, 0.15) is 11.4 Å². The highest BCUT2D eigenvalue weighted by molar-refractivity contribution is 7.16. The zero-order valence-electron chi connectivity index (χ0n) is 15.9. The van der Waals surface area contributed by atoms with Gasteiger partial charge in [0.25, 0.3) is 5.91 Å². The molecule has 0 saturated carbocycles. The van der Waals surface area contributed by atoms with Gasteiger partial charge in [0.15, 0.2) is 5.13 Å². The standard InChI is InChI=1S/C18H17F2N5O4S/c1-3-4-12-15(25(27)28)14(24-23-12)16(26)22-18-21-13(9(2)30-18)10-5-7-11(8-6-10)29-17(19)20/h5-8,17H,3-4H2,1-2H3,(H,23,24)(H,21,22,26). The number of hydrogen-bond donors (Lipinski definition) is 2. The molecule has 0 fully saturated rings. The number of aromatic nitrogens is 3. The lowest BCUT2D eigenvalue weighted by Crippen LogP contribution is -2.14. The number of nitrogens with one attached hydrogen (secondary N) is 2. The van der Waals surface area contributed by atoms with E-state index in [-0.39, 0.29) is 28.0 Å². The van der Waals surface area contributed by atoms with Crippen molar-refractivity contribution >= 4 is 28.1 Å². The summed E-state index contributed by atoms with van der Waals surface area (Å²) >= 11 is 1.18. The van der Waals surface area contributed by atoms with Gasteiger partial charge in [-0.15, -0.1) is 11.3 Å². The Morgan fingerprint density at radius 2 is 2.07 bits per heavy atom. The number of nitrogens with zero attached hydrogens (tertiary/aromatic N) is 3. The zero-order chi connectivity index (χ0) is 21.8. The molecule has 0 aliphatic heterocycles. The molecule has 2 N–H and O–H groups in total. The van der Waals surface area contributed by atoms with Gasteiger partial charge in [-0.2, -0.15) is 13.9 Å². The van der Waals surface area contributed by atoms with E-state index in [2.05, 4.69) is 25.2 Å². The number of aromatic amines is 1. The number of carbonyl (C=O) groups excluding carboxylic acids is 1. The molecule has 0 aliphatic carbocycles. The summed E-state index contributed by atoms with van der Waals surface area (Å²) < 4.78 is 28.9. The molecule has 30 heavy (non-hydrogen) atoms. The fraction of sp³-hybridized carbons (Fsp3) is 0.278. The third kappa shape index (κ3) is 4.59. The van der Waals surface area contributed by atoms with Gasteiger partial charge in [-0.1, -0.05) is 13.3 Å². The number of alkyl halides is 2. The first-order chi connectivity index (χ1) is 14.3. The van der Waals surface area contributed by atoms with Gasteiger partial charge in [0, 0.05) is 10.4 Å². The van der Waals surface area contributed by atoms with Crippen LogP contribution < -0.4 is 10.1 Å². The predicted octanol–water partition coefficient (Wildman–Crippen LogP) is 4.56. The quantitative estimate of drug-likeness (QED) is 0.393. The van der Waals surface area contributed by atoms with Crippen LogP contribution in [0.1, 0.15) is 34.4 Å². The number of amides is 1. The highest BCUT2D eigenvalue weighted by atomic mass is 32.1. The molecule has 3 aromatic rings. The lowest BCUT2D eigenvalue weighted by Gasteiger charge is -2.05. The highest BCUT2D eigenvalue weighted by Crippen LogP contribution is 2.32. The van der Waals surface area contributed by atoms with Crippen molar-refractivity contribution in [3.63, 3.8) is 0 Å². The highest BCUT2D eigenvalue weighted by Gasteiger charge is 2.29. The van der Waals surface area contributed by atoms with Crippen molar-refractivity contribution < 1.29 is 23.2 Å². The summed E-state index contributed by atoms with van der Waals surface area (Å²) in [5.41, 5.74) is 0.808. The van der Waals surface area contributed by atoms with Crippen molar-refractivity contribution in [1.29, 1.82) is 0 Å². The Bertz CT molecular complexity index is 1070. The molecule has 2 aromatic heterocycles. The van der Waals surface area contributed by atoms with Crippen molar-refractivity contribution in [2.45, 2.75) is 33.3 Å². The number of carbonyl (C=O) groups is 1. The maximum atomic E-state index is 12.5. The molecule has 0 saturated heterocycles. The molecule has 1 amide bonds. The molecule has 2 heterocycles. The van der Waals surface area contributed by atoms with Gasteiger partial charge >= 0.3 is 12.3 Å². The average molecular weight is 437 g/mol. The van der Waals surface area contributed by atoms with Crippen LogP contribution in [0.2, 0.25) is 0 Å². The fourth-order valence-electron chi connectivity index (χ4n) is 2.82. The molecule has 158 valence electrons. The molecule has 1 aromatic carbocycles. The lowest BCUT2D eigenvalue weighted by molar-refractivity contribution is -0.385. The SMILES string of the molecule is CCCc1[nH]nc(C(=O)Nc2nc(-c3ccc(OC(F)F)cc3)c(C)s2)c1[N+](=O)[O-]. The first-order valence-corrected chi connectivity index (χ1v) is 9.67. The number of H-pyrrole nitrogens is 1. The van der Waals surface area contributed by atoms with Crippen LogP contribution in [0, 0.1) is 17.0 Å². The Kier molecular flexibility index (Phi) is 6.35. The Balaban J connectivity index is 1.81. The van der Waals surface area contributed by atoms with Crippen LogP contribution in [0.5, 0.6) is 5.75 Å². The van der Waals surface area contributed by atoms with E-state index in [0.717, 1.165) is 4.88 Å². The first kappa shape index (κ1) is 21.3. The summed E-state index contributed by atoms with van der Waals surface area (Å²) in [5.74, 6) is -0.731. The van der Waals surface area contributed by atoms with E-state index in [9.17, 15) is 23.7 Å². The van der Waals surface area contributed by atoms with Gasteiger partial charge in [0.05, 0.1) is 10.6 Å². The Hall–Kier alpha value is -3.41. The van der Waals surface area contributed by atoms with Crippen molar-refractivity contribution in [3.05, 3.63) is 50.6 Å². The maximum Gasteiger partial charge on any atom is 0.387 e. The van der Waals surface area contributed by atoms with Crippen LogP contribution in [0.4, 0.5) is 19.6 Å². The largest absolute Gasteiger partial charge is 0.435 e. The summed E-state index contributed by atoms with van der Waals surface area (Å²) in [7, 11) is 0. The minimum Gasteiger partial charge on any atom is -0.435 e. The van der Waals surface area contributed by atoms with Crippen molar-refractivity contribution in [2.75, 3.05) is 5.32 Å². The molecule has 0 bridgehead atoms. The summed E-state index contributed by atoms with van der Waals surface area (Å²) in [6, 6.07) is 5.92. The van der Waals surface area contributed by atoms with E-state index >= 15 is 0 Å². The minimum absolute atomic E-state index is 0.0175. The van der Waals surface area contributed by atoms with E-state index in [4.69, 9.17) is 0 Å². The van der Waals surface area contributed by atoms with Crippen LogP contribution in [0.15, 0.2) is 24.3 Å². The summed E-state index contributed by atoms with van der Waals surface area (Å²) in [6.45, 7) is 0.724. The second kappa shape index (κ2) is 8.95. The molecule has 9 nitrogen and oxygen atoms in total. The van der Waals surface area contributed by atoms with Gasteiger partial charge < -0.3 is 4.74 Å². The van der Waals surface area contributed by atoms with Crippen molar-refractivity contribution in [2.24, 2.45) is 0 Å². The van der Waals surface area contributed by atoms with E-state index in [1.54, 1.807) is 19.1 Å². The number of ether oxygens (including phenoxy) is 1. The van der Waals surface area contributed by atoms with E-state index < -0.39 is 17.4 Å². The summed E-state index contributed by atoms with van der Waals surface area (Å²) in [5, 5.41) is 20.5. The molecule has 12 heteroatoms. The number of hydrogen-bond acceptors (Lipinski definition) is 7. The van der Waals surface area contributed by atoms with Crippen molar-refractivity contribution in [3.8, 4) is 17.0 Å². The minimum atomic E-state index is -2.91. The Morgan fingerprint density at radius 1 is 1.37 bits per heavy atom. The third-order valence-electron chi connectivity index (χ3n) is 4.08. The maximum absolute atomic E-state index is 12.5. The number of nitro groups is 1. The van der Waals surface area contributed by atoms with Crippen LogP contribution in [-0.4, -0.2) is 32.6 Å². The van der Waals surface area contributed by atoms with E-state index in [1.807, 2.05) is 6.92 Å². The van der Waals surface area contributed by atoms with Crippen LogP contribution in [-0.2, 0) is 6.42 Å². The smallest absolute Gasteiger partial charge is 0.387 e. The van der Waals surface area contributed by atoms with Crippen LogP contribution in [0.25, 0.3) is 11.3 Å².